The summed E-state index contributed by atoms with van der Waals surface area (Å²) in [5, 5.41) is 6.68. The van der Waals surface area contributed by atoms with Gasteiger partial charge in [-0.05, 0) is 55.3 Å². The van der Waals surface area contributed by atoms with Crippen LogP contribution in [0.25, 0.3) is 0 Å². The molecule has 2 aliphatic heterocycles. The number of likely N-dealkylation sites (N-methyl/N-ethyl adjacent to an activating group) is 1. The monoisotopic (exact) mass is 563 g/mol. The lowest BCUT2D eigenvalue weighted by Gasteiger charge is -2.30. The second-order valence-electron chi connectivity index (χ2n) is 8.74. The lowest BCUT2D eigenvalue weighted by atomic mass is 9.85. The molecular weight excluding hydrogens is 544 g/mol. The Morgan fingerprint density at radius 2 is 1.89 bits per heavy atom. The molecule has 1 fully saturated rings. The first kappa shape index (κ1) is 27.7. The molecule has 1 N–H and O–H groups in total. The number of benzene rings is 2. The lowest BCUT2D eigenvalue weighted by molar-refractivity contribution is -0.276. The second-order valence-corrected chi connectivity index (χ2v) is 9.18. The van der Waals surface area contributed by atoms with Gasteiger partial charge in [-0.1, -0.05) is 22.8 Å². The molecular formula is C24H20ClF6N3O4. The zero-order valence-electron chi connectivity index (χ0n) is 19.8. The molecule has 2 heterocycles. The molecule has 0 aromatic heterocycles. The average molecular weight is 564 g/mol. The summed E-state index contributed by atoms with van der Waals surface area (Å²) in [6, 6.07) is 4.80. The molecule has 2 aromatic carbocycles. The third-order valence-electron chi connectivity index (χ3n) is 6.22. The number of nitrogens with zero attached hydrogens (tertiary/aromatic N) is 2. The first-order valence-electron chi connectivity index (χ1n) is 11.2. The van der Waals surface area contributed by atoms with Crippen LogP contribution in [-0.2, 0) is 26.2 Å². The van der Waals surface area contributed by atoms with E-state index in [0.29, 0.717) is 24.2 Å². The molecule has 4 rings (SSSR count). The van der Waals surface area contributed by atoms with Gasteiger partial charge in [0, 0.05) is 29.1 Å². The van der Waals surface area contributed by atoms with Crippen LogP contribution in [0.5, 0.6) is 0 Å². The third-order valence-corrected chi connectivity index (χ3v) is 6.43. The van der Waals surface area contributed by atoms with Crippen LogP contribution in [0.15, 0.2) is 41.6 Å². The van der Waals surface area contributed by atoms with E-state index in [0.717, 1.165) is 11.1 Å². The number of hydrogen-bond acceptors (Lipinski definition) is 5. The maximum absolute atomic E-state index is 14.3. The quantitative estimate of drug-likeness (QED) is 0.511. The number of carbonyl (C=O) groups is 2. The van der Waals surface area contributed by atoms with E-state index in [9.17, 15) is 35.9 Å². The minimum absolute atomic E-state index is 0.0389. The number of amides is 2. The number of carbonyl (C=O) groups excluding carboxylic acids is 2. The molecule has 38 heavy (non-hydrogen) atoms. The normalized spacial score (nSPS) is 21.9. The van der Waals surface area contributed by atoms with Gasteiger partial charge >= 0.3 is 12.4 Å². The molecule has 2 atom stereocenters. The molecule has 7 nitrogen and oxygen atoms in total. The maximum atomic E-state index is 14.3. The summed E-state index contributed by atoms with van der Waals surface area (Å²) in [5.74, 6) is -1.01. The highest BCUT2D eigenvalue weighted by Crippen LogP contribution is 2.50. The smallest absolute Gasteiger partial charge is 0.374 e. The zero-order valence-corrected chi connectivity index (χ0v) is 20.6. The lowest BCUT2D eigenvalue weighted by Crippen LogP contribution is -2.43. The van der Waals surface area contributed by atoms with Crippen molar-refractivity contribution in [1.82, 2.24) is 10.4 Å². The number of oxime groups is 1. The summed E-state index contributed by atoms with van der Waals surface area (Å²) < 4.78 is 82.6. The van der Waals surface area contributed by atoms with E-state index in [1.807, 2.05) is 0 Å². The molecule has 1 saturated heterocycles. The third kappa shape index (κ3) is 5.04. The second kappa shape index (κ2) is 9.77. The van der Waals surface area contributed by atoms with Crippen LogP contribution in [0.3, 0.4) is 0 Å². The number of alkyl halides is 6. The van der Waals surface area contributed by atoms with Crippen LogP contribution >= 0.6 is 11.6 Å². The van der Waals surface area contributed by atoms with Crippen molar-refractivity contribution in [3.63, 3.8) is 0 Å². The van der Waals surface area contributed by atoms with Crippen molar-refractivity contribution >= 4 is 29.1 Å². The summed E-state index contributed by atoms with van der Waals surface area (Å²) in [6.07, 6.45) is -11.0. The molecule has 0 bridgehead atoms. The Kier molecular flexibility index (Phi) is 7.12. The molecule has 2 aliphatic rings. The highest BCUT2D eigenvalue weighted by molar-refractivity contribution is 6.30. The molecule has 1 unspecified atom stereocenters. The summed E-state index contributed by atoms with van der Waals surface area (Å²) in [5.41, 5.74) is -4.92. The van der Waals surface area contributed by atoms with Gasteiger partial charge in [0.1, 0.15) is 12.6 Å². The predicted octanol–water partition coefficient (Wildman–Crippen LogP) is 5.14. The van der Waals surface area contributed by atoms with Crippen LogP contribution in [0.2, 0.25) is 5.02 Å². The van der Waals surface area contributed by atoms with Gasteiger partial charge in [0.25, 0.3) is 17.4 Å². The van der Waals surface area contributed by atoms with Crippen LogP contribution < -0.4 is 5.32 Å². The molecule has 2 aromatic rings. The van der Waals surface area contributed by atoms with E-state index >= 15 is 0 Å². The Labute approximate surface area is 217 Å². The topological polar surface area (TPSA) is 80.2 Å². The average Bonchev–Trinajstić information content (AvgIpc) is 3.43. The number of halogens is 7. The van der Waals surface area contributed by atoms with Gasteiger partial charge in [-0.15, -0.1) is 0 Å². The number of hydrogen-bond donors (Lipinski definition) is 1. The van der Waals surface area contributed by atoms with Crippen molar-refractivity contribution in [3.8, 4) is 0 Å². The fourth-order valence-corrected chi connectivity index (χ4v) is 4.44. The van der Waals surface area contributed by atoms with Crippen molar-refractivity contribution in [2.45, 2.75) is 44.3 Å². The Hall–Kier alpha value is -3.32. The van der Waals surface area contributed by atoms with Gasteiger partial charge in [-0.2, -0.15) is 26.3 Å². The Morgan fingerprint density at radius 1 is 1.18 bits per heavy atom. The van der Waals surface area contributed by atoms with E-state index in [-0.39, 0.29) is 23.4 Å². The number of aryl methyl sites for hydroxylation is 1. The van der Waals surface area contributed by atoms with Crippen LogP contribution in [-0.4, -0.2) is 48.0 Å². The Balaban J connectivity index is 1.59. The maximum Gasteiger partial charge on any atom is 0.435 e. The number of rotatable bonds is 5. The van der Waals surface area contributed by atoms with Gasteiger partial charge in [-0.3, -0.25) is 14.4 Å². The molecule has 2 amide bonds. The first-order valence-corrected chi connectivity index (χ1v) is 11.6. The van der Waals surface area contributed by atoms with E-state index in [2.05, 4.69) is 10.5 Å². The van der Waals surface area contributed by atoms with Gasteiger partial charge in [-0.25, -0.2) is 5.06 Å². The standard InChI is InChI=1S/C24H20ClF6N3O4/c1-3-34-21(36)19(11-37-34)32-20(35)17-5-4-13(6-12(17)2)18-10-22(38-33-18,24(29,30)31)14-7-15(23(26,27)28)9-16(25)8-14/h4-9,19H,3,10-11H2,1-2H3,(H,32,35)/t19-,22?/m1/s1. The highest BCUT2D eigenvalue weighted by Gasteiger charge is 2.62. The molecule has 0 spiro atoms. The minimum Gasteiger partial charge on any atom is -0.374 e. The van der Waals surface area contributed by atoms with Gasteiger partial charge in [0.15, 0.2) is 0 Å². The fraction of sp³-hybridized carbons (Fsp3) is 0.375. The van der Waals surface area contributed by atoms with Crippen molar-refractivity contribution in [3.05, 3.63) is 69.2 Å². The van der Waals surface area contributed by atoms with E-state index in [1.165, 1.54) is 25.1 Å². The Morgan fingerprint density at radius 3 is 2.47 bits per heavy atom. The number of nitrogens with one attached hydrogen (secondary N) is 1. The largest absolute Gasteiger partial charge is 0.435 e. The SMILES string of the molecule is CCN1OC[C@@H](NC(=O)c2ccc(C3=NOC(c4cc(Cl)cc(C(F)(F)F)c4)(C(F)(F)F)C3)cc2C)C1=O. The predicted molar refractivity (Wildman–Crippen MR) is 122 cm³/mol. The van der Waals surface area contributed by atoms with Gasteiger partial charge < -0.3 is 10.2 Å². The minimum atomic E-state index is -5.15. The van der Waals surface area contributed by atoms with E-state index < -0.39 is 58.4 Å². The fourth-order valence-electron chi connectivity index (χ4n) is 4.20. The summed E-state index contributed by atoms with van der Waals surface area (Å²) in [6.45, 7) is 3.50. The summed E-state index contributed by atoms with van der Waals surface area (Å²) in [4.78, 5) is 34.9. The van der Waals surface area contributed by atoms with E-state index in [1.54, 1.807) is 6.92 Å². The molecule has 0 aliphatic carbocycles. The molecule has 0 radical (unpaired) electrons. The van der Waals surface area contributed by atoms with Crippen molar-refractivity contribution < 1.29 is 45.6 Å². The molecule has 204 valence electrons. The van der Waals surface area contributed by atoms with Crippen LogP contribution in [0.4, 0.5) is 26.3 Å². The van der Waals surface area contributed by atoms with Crippen LogP contribution in [0.1, 0.15) is 46.0 Å². The molecule has 14 heteroatoms. The van der Waals surface area contributed by atoms with Crippen LogP contribution in [0, 0.1) is 6.92 Å². The summed E-state index contributed by atoms with van der Waals surface area (Å²) >= 11 is 5.72. The Bertz CT molecular complexity index is 1310. The van der Waals surface area contributed by atoms with Crippen molar-refractivity contribution in [1.29, 1.82) is 0 Å². The molecule has 0 saturated carbocycles. The van der Waals surface area contributed by atoms with E-state index in [4.69, 9.17) is 21.3 Å². The van der Waals surface area contributed by atoms with Crippen molar-refractivity contribution in [2.75, 3.05) is 13.2 Å². The highest BCUT2D eigenvalue weighted by atomic mass is 35.5. The first-order chi connectivity index (χ1) is 17.7. The van der Waals surface area contributed by atoms with Gasteiger partial charge in [0.2, 0.25) is 0 Å². The van der Waals surface area contributed by atoms with Crippen molar-refractivity contribution in [2.24, 2.45) is 5.16 Å². The van der Waals surface area contributed by atoms with Gasteiger partial charge in [0.05, 0.1) is 11.3 Å². The zero-order chi connectivity index (χ0) is 28.0. The number of hydroxylamine groups is 2. The summed E-state index contributed by atoms with van der Waals surface area (Å²) in [7, 11) is 0.